The van der Waals surface area contributed by atoms with Crippen molar-refractivity contribution in [1.82, 2.24) is 4.90 Å². The first kappa shape index (κ1) is 24.9. The fraction of sp³-hybridized carbons (Fsp3) is 0.441. The lowest BCUT2D eigenvalue weighted by atomic mass is 9.48. The Bertz CT molecular complexity index is 1360. The molecular weight excluding hydrogens is 486 g/mol. The highest BCUT2D eigenvalue weighted by molar-refractivity contribution is 5.90. The average Bonchev–Trinajstić information content (AvgIpc) is 3.33. The molecule has 2 heterocycles. The highest BCUT2D eigenvalue weighted by Crippen LogP contribution is 2.66. The van der Waals surface area contributed by atoms with Crippen molar-refractivity contribution < 1.29 is 19.0 Å². The van der Waals surface area contributed by atoms with Gasteiger partial charge in [0.15, 0.2) is 23.4 Å². The molecule has 4 aliphatic rings. The number of rotatable bonds is 9. The van der Waals surface area contributed by atoms with E-state index in [4.69, 9.17) is 14.2 Å². The van der Waals surface area contributed by atoms with Crippen LogP contribution in [0.1, 0.15) is 47.9 Å². The van der Waals surface area contributed by atoms with E-state index < -0.39 is 17.1 Å². The normalized spacial score (nSPS) is 28.6. The van der Waals surface area contributed by atoms with Crippen LogP contribution in [0.15, 0.2) is 72.8 Å². The third-order valence-electron chi connectivity index (χ3n) is 9.88. The Balaban J connectivity index is 1.26. The molecule has 4 atom stereocenters. The molecule has 5 heteroatoms. The monoisotopic (exact) mass is 523 g/mol. The first-order chi connectivity index (χ1) is 19.2. The maximum absolute atomic E-state index is 13.5. The summed E-state index contributed by atoms with van der Waals surface area (Å²) in [6, 6.07) is 25.8. The molecule has 5 nitrogen and oxygen atoms in total. The number of aryl methyl sites for hydroxylation is 1. The number of hydrogen-bond donors (Lipinski definition) is 0. The Morgan fingerprint density at radius 2 is 1.69 bits per heavy atom. The van der Waals surface area contributed by atoms with E-state index >= 15 is 0 Å². The smallest absolute Gasteiger partial charge is 0.174 e. The van der Waals surface area contributed by atoms with Crippen LogP contribution in [-0.2, 0) is 34.2 Å². The molecule has 0 radical (unpaired) electrons. The molecule has 202 valence electrons. The first-order valence-electron chi connectivity index (χ1n) is 14.5. The zero-order valence-electron chi connectivity index (χ0n) is 22.7. The number of carbonyl (C=O) groups excluding carboxylic acids is 1. The van der Waals surface area contributed by atoms with Crippen molar-refractivity contribution in [2.24, 2.45) is 0 Å². The maximum Gasteiger partial charge on any atom is 0.174 e. The predicted octanol–water partition coefficient (Wildman–Crippen LogP) is 5.32. The quantitative estimate of drug-likeness (QED) is 0.356. The van der Waals surface area contributed by atoms with Crippen molar-refractivity contribution in [1.29, 1.82) is 0 Å². The summed E-state index contributed by atoms with van der Waals surface area (Å²) in [5.74, 6) is 1.72. The summed E-state index contributed by atoms with van der Waals surface area (Å²) >= 11 is 0. The summed E-state index contributed by atoms with van der Waals surface area (Å²) in [5, 5.41) is 0. The summed E-state index contributed by atoms with van der Waals surface area (Å²) in [7, 11) is 1.69. The number of piperidine rings is 1. The van der Waals surface area contributed by atoms with Gasteiger partial charge < -0.3 is 14.2 Å². The second kappa shape index (κ2) is 9.79. The van der Waals surface area contributed by atoms with Crippen LogP contribution >= 0.6 is 0 Å². The van der Waals surface area contributed by atoms with E-state index in [1.165, 1.54) is 22.3 Å². The van der Waals surface area contributed by atoms with Gasteiger partial charge in [0, 0.05) is 31.2 Å². The van der Waals surface area contributed by atoms with Crippen LogP contribution in [0.2, 0.25) is 0 Å². The van der Waals surface area contributed by atoms with Gasteiger partial charge in [-0.2, -0.15) is 0 Å². The molecule has 2 bridgehead atoms. The SMILES string of the molecule is COc1ccc2c3c1OC1C(=O)CC[C@@]4(OCCCc5ccccc5)C(C2)N(CCc2ccccc2)CC[C@]314. The van der Waals surface area contributed by atoms with Crippen LogP contribution in [0.25, 0.3) is 0 Å². The van der Waals surface area contributed by atoms with Crippen molar-refractivity contribution >= 4 is 5.78 Å². The van der Waals surface area contributed by atoms with Gasteiger partial charge in [-0.3, -0.25) is 9.69 Å². The number of benzene rings is 3. The van der Waals surface area contributed by atoms with Gasteiger partial charge >= 0.3 is 0 Å². The van der Waals surface area contributed by atoms with Gasteiger partial charge in [0.05, 0.1) is 18.1 Å². The van der Waals surface area contributed by atoms with Crippen molar-refractivity contribution in [2.75, 3.05) is 26.8 Å². The molecule has 2 aliphatic carbocycles. The molecule has 2 aliphatic heterocycles. The zero-order chi connectivity index (χ0) is 26.5. The molecule has 1 spiro atoms. The lowest BCUT2D eigenvalue weighted by molar-refractivity contribution is -0.213. The maximum atomic E-state index is 13.5. The van der Waals surface area contributed by atoms with Crippen molar-refractivity contribution in [3.05, 3.63) is 95.1 Å². The van der Waals surface area contributed by atoms with Crippen LogP contribution < -0.4 is 9.47 Å². The highest BCUT2D eigenvalue weighted by atomic mass is 16.5. The van der Waals surface area contributed by atoms with Gasteiger partial charge in [-0.25, -0.2) is 0 Å². The Morgan fingerprint density at radius 3 is 2.44 bits per heavy atom. The van der Waals surface area contributed by atoms with Crippen molar-refractivity contribution in [2.45, 2.75) is 68.1 Å². The molecule has 0 N–H and O–H groups in total. The number of methoxy groups -OCH3 is 1. The Labute approximate surface area is 231 Å². The second-order valence-corrected chi connectivity index (χ2v) is 11.6. The van der Waals surface area contributed by atoms with E-state index in [0.29, 0.717) is 13.0 Å². The van der Waals surface area contributed by atoms with E-state index in [-0.39, 0.29) is 11.8 Å². The number of carbonyl (C=O) groups is 1. The zero-order valence-corrected chi connectivity index (χ0v) is 22.7. The van der Waals surface area contributed by atoms with E-state index in [1.807, 2.05) is 6.07 Å². The van der Waals surface area contributed by atoms with Crippen LogP contribution in [0.5, 0.6) is 11.5 Å². The molecule has 0 amide bonds. The number of hydrogen-bond acceptors (Lipinski definition) is 5. The minimum atomic E-state index is -0.496. The first-order valence-corrected chi connectivity index (χ1v) is 14.5. The van der Waals surface area contributed by atoms with E-state index in [2.05, 4.69) is 71.6 Å². The van der Waals surface area contributed by atoms with Crippen LogP contribution in [0.3, 0.4) is 0 Å². The van der Waals surface area contributed by atoms with Gasteiger partial charge in [0.1, 0.15) is 0 Å². The number of likely N-dealkylation sites (tertiary alicyclic amines) is 1. The van der Waals surface area contributed by atoms with E-state index in [0.717, 1.165) is 63.1 Å². The number of nitrogens with zero attached hydrogens (tertiary/aromatic N) is 1. The number of Topliss-reactive ketones (excluding diaryl/α,β-unsaturated/α-hetero) is 1. The van der Waals surface area contributed by atoms with Crippen molar-refractivity contribution in [3.8, 4) is 11.5 Å². The topological polar surface area (TPSA) is 48.0 Å². The summed E-state index contributed by atoms with van der Waals surface area (Å²) < 4.78 is 19.6. The van der Waals surface area contributed by atoms with E-state index in [9.17, 15) is 4.79 Å². The minimum Gasteiger partial charge on any atom is -0.493 e. The molecule has 39 heavy (non-hydrogen) atoms. The van der Waals surface area contributed by atoms with Gasteiger partial charge in [0.2, 0.25) is 0 Å². The largest absolute Gasteiger partial charge is 0.493 e. The highest BCUT2D eigenvalue weighted by Gasteiger charge is 2.74. The van der Waals surface area contributed by atoms with Crippen LogP contribution in [0.4, 0.5) is 0 Å². The van der Waals surface area contributed by atoms with Crippen LogP contribution in [-0.4, -0.2) is 55.2 Å². The van der Waals surface area contributed by atoms with Crippen LogP contribution in [0, 0.1) is 0 Å². The van der Waals surface area contributed by atoms with Crippen molar-refractivity contribution in [3.63, 3.8) is 0 Å². The Hall–Kier alpha value is -3.15. The summed E-state index contributed by atoms with van der Waals surface area (Å²) in [4.78, 5) is 16.2. The van der Waals surface area contributed by atoms with Gasteiger partial charge in [-0.15, -0.1) is 0 Å². The molecule has 0 aromatic heterocycles. The molecule has 3 aromatic carbocycles. The Kier molecular flexibility index (Phi) is 6.24. The minimum absolute atomic E-state index is 0.206. The Morgan fingerprint density at radius 1 is 0.949 bits per heavy atom. The molecule has 2 fully saturated rings. The summed E-state index contributed by atoms with van der Waals surface area (Å²) in [6.07, 6.45) is 5.47. The molecule has 1 saturated carbocycles. The number of ketones is 1. The van der Waals surface area contributed by atoms with Gasteiger partial charge in [0.25, 0.3) is 0 Å². The molecule has 7 rings (SSSR count). The fourth-order valence-corrected chi connectivity index (χ4v) is 8.19. The third-order valence-corrected chi connectivity index (χ3v) is 9.88. The predicted molar refractivity (Wildman–Crippen MR) is 151 cm³/mol. The molecule has 2 unspecified atom stereocenters. The lowest BCUT2D eigenvalue weighted by Crippen LogP contribution is -2.77. The molecular formula is C34H37NO4. The fourth-order valence-electron chi connectivity index (χ4n) is 8.19. The third kappa shape index (κ3) is 3.77. The molecule has 1 saturated heterocycles. The second-order valence-electron chi connectivity index (χ2n) is 11.6. The summed E-state index contributed by atoms with van der Waals surface area (Å²) in [6.45, 7) is 2.60. The lowest BCUT2D eigenvalue weighted by Gasteiger charge is -2.64. The molecule has 3 aromatic rings. The van der Waals surface area contributed by atoms with E-state index in [1.54, 1.807) is 7.11 Å². The number of ether oxygens (including phenoxy) is 3. The van der Waals surface area contributed by atoms with Gasteiger partial charge in [-0.1, -0.05) is 66.7 Å². The standard InChI is InChI=1S/C34H37NO4/c1-37-28-15-14-26-23-29-34(38-22-8-13-24-9-4-2-5-10-24)18-16-27(36)32-33(34,30(26)31(28)39-32)19-21-35(29)20-17-25-11-6-3-7-12-25/h2-7,9-12,14-15,29,32H,8,13,16-23H2,1H3/t29?,32?,33-,34+/m0/s1. The van der Waals surface area contributed by atoms with Gasteiger partial charge in [-0.05, 0) is 67.8 Å². The summed E-state index contributed by atoms with van der Waals surface area (Å²) in [5.41, 5.74) is 4.27. The average molecular weight is 524 g/mol.